The molecular weight excluding hydrogens is 574 g/mol. The molecule has 0 radical (unpaired) electrons. The average Bonchev–Trinajstić information content (AvgIpc) is 2.69. The summed E-state index contributed by atoms with van der Waals surface area (Å²) in [6.07, 6.45) is 1.52. The highest BCUT2D eigenvalue weighted by Gasteiger charge is 2.35. The zero-order chi connectivity index (χ0) is 21.3. The summed E-state index contributed by atoms with van der Waals surface area (Å²) in [5, 5.41) is 0.157. The first-order valence-corrected chi connectivity index (χ1v) is 10.7. The summed E-state index contributed by atoms with van der Waals surface area (Å²) in [5.74, 6) is -0.693. The van der Waals surface area contributed by atoms with Crippen LogP contribution in [0.3, 0.4) is 0 Å². The maximum absolute atomic E-state index is 13.8. The summed E-state index contributed by atoms with van der Waals surface area (Å²) in [5.41, 5.74) is 1.11. The number of rotatable bonds is 4. The summed E-state index contributed by atoms with van der Waals surface area (Å²) >= 11 is 10.6. The van der Waals surface area contributed by atoms with E-state index in [1.54, 1.807) is 30.3 Å². The monoisotopic (exact) mass is 588 g/mol. The number of benzene rings is 2. The standard InChI is InChI=1S/C20H15BrFIN2O3S/c1-24-18(26)13(19(27)25(2)20(24)29)7-11-8-14(21)17(16(23)9-11)28-10-12-5-3-4-6-15(12)22/h3-9H,10H2,1-2H3. The molecule has 1 fully saturated rings. The fraction of sp³-hybridized carbons (Fsp3) is 0.150. The van der Waals surface area contributed by atoms with Crippen molar-refractivity contribution >= 4 is 73.7 Å². The van der Waals surface area contributed by atoms with Crippen molar-refractivity contribution in [2.45, 2.75) is 6.61 Å². The van der Waals surface area contributed by atoms with Crippen molar-refractivity contribution in [3.8, 4) is 5.75 Å². The Labute approximate surface area is 194 Å². The summed E-state index contributed by atoms with van der Waals surface area (Å²) < 4.78 is 21.0. The van der Waals surface area contributed by atoms with E-state index in [2.05, 4.69) is 38.5 Å². The van der Waals surface area contributed by atoms with Gasteiger partial charge in [0.05, 0.1) is 8.04 Å². The Hall–Kier alpha value is -1.85. The third kappa shape index (κ3) is 4.51. The van der Waals surface area contributed by atoms with Crippen LogP contribution in [0, 0.1) is 9.39 Å². The van der Waals surface area contributed by atoms with Crippen molar-refractivity contribution < 1.29 is 18.7 Å². The summed E-state index contributed by atoms with van der Waals surface area (Å²) in [6.45, 7) is 0.0751. The van der Waals surface area contributed by atoms with Crippen LogP contribution < -0.4 is 4.74 Å². The van der Waals surface area contributed by atoms with Gasteiger partial charge in [0.2, 0.25) is 0 Å². The van der Waals surface area contributed by atoms with Crippen molar-refractivity contribution in [1.29, 1.82) is 0 Å². The van der Waals surface area contributed by atoms with E-state index in [0.717, 1.165) is 3.57 Å². The second-order valence-electron chi connectivity index (χ2n) is 6.26. The number of carbonyl (C=O) groups excluding carboxylic acids is 2. The van der Waals surface area contributed by atoms with Crippen molar-refractivity contribution in [2.75, 3.05) is 14.1 Å². The summed E-state index contributed by atoms with van der Waals surface area (Å²) in [4.78, 5) is 27.5. The number of amides is 2. The van der Waals surface area contributed by atoms with Crippen LogP contribution in [0.5, 0.6) is 5.75 Å². The van der Waals surface area contributed by atoms with Gasteiger partial charge in [-0.05, 0) is 80.6 Å². The molecule has 1 aliphatic heterocycles. The molecule has 0 bridgehead atoms. The second-order valence-corrected chi connectivity index (χ2v) is 8.64. The molecule has 0 unspecified atom stereocenters. The molecule has 0 N–H and O–H groups in total. The maximum atomic E-state index is 13.8. The molecule has 0 saturated carbocycles. The van der Waals surface area contributed by atoms with Gasteiger partial charge in [-0.3, -0.25) is 19.4 Å². The summed E-state index contributed by atoms with van der Waals surface area (Å²) in [6, 6.07) is 9.92. The molecule has 1 aliphatic rings. The predicted octanol–water partition coefficient (Wildman–Crippen LogP) is 4.37. The first kappa shape index (κ1) is 21.8. The van der Waals surface area contributed by atoms with Gasteiger partial charge in [0.1, 0.15) is 23.7 Å². The first-order valence-electron chi connectivity index (χ1n) is 8.37. The Morgan fingerprint density at radius 2 is 1.79 bits per heavy atom. The van der Waals surface area contributed by atoms with Gasteiger partial charge >= 0.3 is 0 Å². The number of carbonyl (C=O) groups is 2. The Morgan fingerprint density at radius 3 is 2.38 bits per heavy atom. The topological polar surface area (TPSA) is 49.9 Å². The molecule has 0 spiro atoms. The van der Waals surface area contributed by atoms with Crippen molar-refractivity contribution in [3.63, 3.8) is 0 Å². The van der Waals surface area contributed by atoms with E-state index in [1.165, 1.54) is 36.0 Å². The first-order chi connectivity index (χ1) is 13.7. The minimum Gasteiger partial charge on any atom is -0.486 e. The van der Waals surface area contributed by atoms with Crippen LogP contribution in [0.4, 0.5) is 4.39 Å². The average molecular weight is 589 g/mol. The number of likely N-dealkylation sites (N-methyl/N-ethyl adjacent to an activating group) is 2. The van der Waals surface area contributed by atoms with Crippen LogP contribution in [-0.2, 0) is 16.2 Å². The molecule has 150 valence electrons. The highest BCUT2D eigenvalue weighted by molar-refractivity contribution is 14.1. The lowest BCUT2D eigenvalue weighted by Crippen LogP contribution is -2.52. The fourth-order valence-electron chi connectivity index (χ4n) is 2.71. The number of thiocarbonyl (C=S) groups is 1. The van der Waals surface area contributed by atoms with Crippen molar-refractivity contribution in [3.05, 3.63) is 67.0 Å². The normalized spacial score (nSPS) is 14.5. The van der Waals surface area contributed by atoms with E-state index in [0.29, 0.717) is 21.3 Å². The lowest BCUT2D eigenvalue weighted by Gasteiger charge is -2.31. The van der Waals surface area contributed by atoms with E-state index in [1.807, 2.05) is 0 Å². The second kappa shape index (κ2) is 8.88. The quantitative estimate of drug-likeness (QED) is 0.230. The highest BCUT2D eigenvalue weighted by atomic mass is 127. The van der Waals surface area contributed by atoms with Crippen LogP contribution in [0.2, 0.25) is 0 Å². The van der Waals surface area contributed by atoms with E-state index < -0.39 is 11.8 Å². The molecule has 9 heteroatoms. The van der Waals surface area contributed by atoms with E-state index in [4.69, 9.17) is 17.0 Å². The molecule has 2 aromatic rings. The Kier molecular flexibility index (Phi) is 6.69. The van der Waals surface area contributed by atoms with Gasteiger partial charge in [-0.25, -0.2) is 4.39 Å². The highest BCUT2D eigenvalue weighted by Crippen LogP contribution is 2.34. The SMILES string of the molecule is CN1C(=O)C(=Cc2cc(Br)c(OCc3ccccc3F)c(I)c2)C(=O)N(C)C1=S. The number of halogens is 3. The molecule has 0 aliphatic carbocycles. The van der Waals surface area contributed by atoms with Crippen LogP contribution >= 0.6 is 50.7 Å². The lowest BCUT2D eigenvalue weighted by molar-refractivity contribution is -0.132. The van der Waals surface area contributed by atoms with E-state index >= 15 is 0 Å². The van der Waals surface area contributed by atoms with Crippen LogP contribution in [0.1, 0.15) is 11.1 Å². The predicted molar refractivity (Wildman–Crippen MR) is 124 cm³/mol. The van der Waals surface area contributed by atoms with Gasteiger partial charge in [0.15, 0.2) is 5.11 Å². The maximum Gasteiger partial charge on any atom is 0.265 e. The van der Waals surface area contributed by atoms with Gasteiger partial charge in [-0.1, -0.05) is 18.2 Å². The van der Waals surface area contributed by atoms with Gasteiger partial charge in [-0.15, -0.1) is 0 Å². The van der Waals surface area contributed by atoms with Gasteiger partial charge < -0.3 is 4.74 Å². The summed E-state index contributed by atoms with van der Waals surface area (Å²) in [7, 11) is 3.06. The van der Waals surface area contributed by atoms with Gasteiger partial charge in [-0.2, -0.15) is 0 Å². The molecule has 0 atom stereocenters. The number of nitrogens with zero attached hydrogens (tertiary/aromatic N) is 2. The number of hydrogen-bond donors (Lipinski definition) is 0. The minimum absolute atomic E-state index is 0.0197. The van der Waals surface area contributed by atoms with Gasteiger partial charge in [0, 0.05) is 19.7 Å². The molecule has 0 aromatic heterocycles. The lowest BCUT2D eigenvalue weighted by atomic mass is 10.1. The molecule has 2 amide bonds. The zero-order valence-electron chi connectivity index (χ0n) is 15.4. The van der Waals surface area contributed by atoms with Gasteiger partial charge in [0.25, 0.3) is 11.8 Å². The van der Waals surface area contributed by atoms with Crippen LogP contribution in [0.15, 0.2) is 46.4 Å². The van der Waals surface area contributed by atoms with E-state index in [9.17, 15) is 14.0 Å². The molecule has 3 rings (SSSR count). The Morgan fingerprint density at radius 1 is 1.17 bits per heavy atom. The largest absolute Gasteiger partial charge is 0.486 e. The van der Waals surface area contributed by atoms with Crippen molar-refractivity contribution in [1.82, 2.24) is 9.80 Å². The molecular formula is C20H15BrFIN2O3S. The molecule has 2 aromatic carbocycles. The number of hydrogen-bond acceptors (Lipinski definition) is 4. The van der Waals surface area contributed by atoms with Crippen LogP contribution in [0.25, 0.3) is 6.08 Å². The minimum atomic E-state index is -0.455. The van der Waals surface area contributed by atoms with Crippen molar-refractivity contribution in [2.24, 2.45) is 0 Å². The third-order valence-electron chi connectivity index (χ3n) is 4.31. The number of ether oxygens (including phenoxy) is 1. The molecule has 29 heavy (non-hydrogen) atoms. The molecule has 1 saturated heterocycles. The molecule has 1 heterocycles. The zero-order valence-corrected chi connectivity index (χ0v) is 20.0. The molecule has 5 nitrogen and oxygen atoms in total. The smallest absolute Gasteiger partial charge is 0.265 e. The Bertz CT molecular complexity index is 1010. The fourth-order valence-corrected chi connectivity index (χ4v) is 4.64. The van der Waals surface area contributed by atoms with Crippen LogP contribution in [-0.4, -0.2) is 40.8 Å². The van der Waals surface area contributed by atoms with E-state index in [-0.39, 0.29) is 23.1 Å². The third-order valence-corrected chi connectivity index (χ3v) is 6.24. The Balaban J connectivity index is 1.88.